The maximum absolute atomic E-state index is 13.4. The third-order valence-corrected chi connectivity index (χ3v) is 8.33. The molecule has 2 aliphatic heterocycles. The van der Waals surface area contributed by atoms with Gasteiger partial charge < -0.3 is 25.0 Å². The molecule has 0 bridgehead atoms. The van der Waals surface area contributed by atoms with E-state index in [2.05, 4.69) is 30.7 Å². The van der Waals surface area contributed by atoms with Gasteiger partial charge in [-0.25, -0.2) is 4.98 Å². The second kappa shape index (κ2) is 13.4. The molecule has 1 fully saturated rings. The molecule has 1 atom stereocenters. The standard InChI is InChI=1S/C33H39N7O3/c1-2-42-21-6-18-40-19-14-33(15-20-40,32-36-30(38-39-32)24-11-16-34-17-12-24)37-26-8-5-7-25(23-26)31(41)35-28-13-22-43-29-10-4-3-9-27(28)29/h3-5,7-12,16-17,23,28,37H,2,6,13-15,18-22H2,1H3,(H,35,41)(H,36,38,39)/t28-/m0/s1. The first-order chi connectivity index (χ1) is 21.1. The number of likely N-dealkylation sites (tertiary alicyclic amines) is 1. The molecule has 0 saturated carbocycles. The lowest BCUT2D eigenvalue weighted by Gasteiger charge is -2.41. The van der Waals surface area contributed by atoms with Crippen LogP contribution in [-0.2, 0) is 10.3 Å². The first-order valence-corrected chi connectivity index (χ1v) is 15.2. The number of ether oxygens (including phenoxy) is 2. The zero-order valence-corrected chi connectivity index (χ0v) is 24.6. The van der Waals surface area contributed by atoms with Crippen molar-refractivity contribution in [2.24, 2.45) is 0 Å². The molecule has 2 aromatic carbocycles. The topological polar surface area (TPSA) is 117 Å². The largest absolute Gasteiger partial charge is 0.493 e. The lowest BCUT2D eigenvalue weighted by Crippen LogP contribution is -2.48. The van der Waals surface area contributed by atoms with Crippen LogP contribution < -0.4 is 15.4 Å². The maximum atomic E-state index is 13.4. The minimum atomic E-state index is -0.469. The molecule has 0 unspecified atom stereocenters. The van der Waals surface area contributed by atoms with Crippen LogP contribution in [0.5, 0.6) is 5.75 Å². The Kier molecular flexibility index (Phi) is 8.95. The molecular weight excluding hydrogens is 542 g/mol. The number of hydrogen-bond donors (Lipinski definition) is 3. The number of pyridine rings is 1. The van der Waals surface area contributed by atoms with Crippen LogP contribution >= 0.6 is 0 Å². The number of aromatic nitrogens is 4. The molecule has 4 heterocycles. The summed E-state index contributed by atoms with van der Waals surface area (Å²) in [5.74, 6) is 2.16. The lowest BCUT2D eigenvalue weighted by atomic mass is 9.86. The number of amides is 1. The van der Waals surface area contributed by atoms with Gasteiger partial charge in [0, 0.05) is 74.0 Å². The number of para-hydroxylation sites is 1. The van der Waals surface area contributed by atoms with Crippen molar-refractivity contribution < 1.29 is 14.3 Å². The predicted octanol–water partition coefficient (Wildman–Crippen LogP) is 4.95. The number of piperidine rings is 1. The van der Waals surface area contributed by atoms with E-state index in [4.69, 9.17) is 14.5 Å². The maximum Gasteiger partial charge on any atom is 0.251 e. The summed E-state index contributed by atoms with van der Waals surface area (Å²) in [5.41, 5.74) is 2.93. The summed E-state index contributed by atoms with van der Waals surface area (Å²) >= 11 is 0. The Morgan fingerprint density at radius 2 is 1.95 bits per heavy atom. The fourth-order valence-electron chi connectivity index (χ4n) is 5.97. The third-order valence-electron chi connectivity index (χ3n) is 8.33. The molecule has 6 rings (SSSR count). The number of aromatic amines is 1. The van der Waals surface area contributed by atoms with Crippen LogP contribution in [-0.4, -0.2) is 70.4 Å². The van der Waals surface area contributed by atoms with Crippen LogP contribution in [0.1, 0.15) is 60.4 Å². The number of carbonyl (C=O) groups is 1. The number of nitrogens with zero attached hydrogens (tertiary/aromatic N) is 4. The molecule has 4 aromatic rings. The van der Waals surface area contributed by atoms with Crippen LogP contribution in [0.3, 0.4) is 0 Å². The van der Waals surface area contributed by atoms with Gasteiger partial charge in [0.25, 0.3) is 5.91 Å². The van der Waals surface area contributed by atoms with Gasteiger partial charge >= 0.3 is 0 Å². The normalized spacial score (nSPS) is 17.9. The summed E-state index contributed by atoms with van der Waals surface area (Å²) in [4.78, 5) is 25.0. The average Bonchev–Trinajstić information content (AvgIpc) is 3.56. The second-order valence-electron chi connectivity index (χ2n) is 11.1. The smallest absolute Gasteiger partial charge is 0.251 e. The SMILES string of the molecule is CCOCCCN1CCC(Nc2cccc(C(=O)N[C@H]3CCOc4ccccc43)c2)(c2nc(-c3ccncc3)n[nH]2)CC1. The summed E-state index contributed by atoms with van der Waals surface area (Å²) in [6.45, 7) is 6.95. The van der Waals surface area contributed by atoms with Gasteiger partial charge in [0.15, 0.2) is 11.6 Å². The van der Waals surface area contributed by atoms with E-state index < -0.39 is 5.54 Å². The monoisotopic (exact) mass is 581 g/mol. The number of rotatable bonds is 11. The molecule has 3 N–H and O–H groups in total. The Morgan fingerprint density at radius 3 is 2.79 bits per heavy atom. The van der Waals surface area contributed by atoms with Crippen LogP contribution in [0.2, 0.25) is 0 Å². The minimum absolute atomic E-state index is 0.0896. The van der Waals surface area contributed by atoms with E-state index in [9.17, 15) is 4.79 Å². The van der Waals surface area contributed by atoms with E-state index in [1.54, 1.807) is 12.4 Å². The summed E-state index contributed by atoms with van der Waals surface area (Å²) in [7, 11) is 0. The second-order valence-corrected chi connectivity index (χ2v) is 11.1. The number of fused-ring (bicyclic) bond motifs is 1. The van der Waals surface area contributed by atoms with Crippen molar-refractivity contribution in [3.63, 3.8) is 0 Å². The number of nitrogens with one attached hydrogen (secondary N) is 3. The summed E-state index contributed by atoms with van der Waals surface area (Å²) < 4.78 is 11.3. The predicted molar refractivity (Wildman–Crippen MR) is 165 cm³/mol. The fraction of sp³-hybridized carbons (Fsp3) is 0.394. The van der Waals surface area contributed by atoms with Gasteiger partial charge in [-0.1, -0.05) is 24.3 Å². The van der Waals surface area contributed by atoms with Crippen molar-refractivity contribution in [2.45, 2.75) is 44.2 Å². The molecule has 2 aromatic heterocycles. The highest BCUT2D eigenvalue weighted by molar-refractivity contribution is 5.95. The molecule has 1 saturated heterocycles. The van der Waals surface area contributed by atoms with Crippen LogP contribution in [0.4, 0.5) is 5.69 Å². The van der Waals surface area contributed by atoms with E-state index in [1.165, 1.54) is 0 Å². The molecule has 10 nitrogen and oxygen atoms in total. The zero-order chi connectivity index (χ0) is 29.5. The van der Waals surface area contributed by atoms with Gasteiger partial charge in [-0.15, -0.1) is 0 Å². The highest BCUT2D eigenvalue weighted by Crippen LogP contribution is 2.36. The molecule has 10 heteroatoms. The molecule has 2 aliphatic rings. The number of benzene rings is 2. The number of H-pyrrole nitrogens is 1. The average molecular weight is 582 g/mol. The Balaban J connectivity index is 1.21. The van der Waals surface area contributed by atoms with Gasteiger partial charge in [0.1, 0.15) is 5.75 Å². The van der Waals surface area contributed by atoms with E-state index in [-0.39, 0.29) is 11.9 Å². The van der Waals surface area contributed by atoms with E-state index >= 15 is 0 Å². The summed E-state index contributed by atoms with van der Waals surface area (Å²) in [5, 5.41) is 14.8. The first-order valence-electron chi connectivity index (χ1n) is 15.2. The van der Waals surface area contributed by atoms with Gasteiger partial charge in [-0.3, -0.25) is 14.9 Å². The Hall–Kier alpha value is -4.28. The van der Waals surface area contributed by atoms with Crippen molar-refractivity contribution in [2.75, 3.05) is 44.8 Å². The van der Waals surface area contributed by atoms with E-state index in [0.717, 1.165) is 86.9 Å². The van der Waals surface area contributed by atoms with Crippen LogP contribution in [0.25, 0.3) is 11.4 Å². The molecule has 0 aliphatic carbocycles. The fourth-order valence-corrected chi connectivity index (χ4v) is 5.97. The van der Waals surface area contributed by atoms with Crippen molar-refractivity contribution in [1.29, 1.82) is 0 Å². The van der Waals surface area contributed by atoms with Crippen LogP contribution in [0.15, 0.2) is 73.1 Å². The van der Waals surface area contributed by atoms with E-state index in [0.29, 0.717) is 18.0 Å². The lowest BCUT2D eigenvalue weighted by molar-refractivity contribution is 0.0924. The number of carbonyl (C=O) groups excluding carboxylic acids is 1. The number of hydrogen-bond acceptors (Lipinski definition) is 8. The van der Waals surface area contributed by atoms with Crippen molar-refractivity contribution in [3.8, 4) is 17.1 Å². The van der Waals surface area contributed by atoms with Crippen molar-refractivity contribution in [3.05, 3.63) is 90.0 Å². The van der Waals surface area contributed by atoms with Crippen molar-refractivity contribution >= 4 is 11.6 Å². The van der Waals surface area contributed by atoms with Gasteiger partial charge in [-0.2, -0.15) is 5.10 Å². The number of anilines is 1. The van der Waals surface area contributed by atoms with Crippen molar-refractivity contribution in [1.82, 2.24) is 30.4 Å². The summed E-state index contributed by atoms with van der Waals surface area (Å²) in [6, 6.07) is 19.3. The Bertz CT molecular complexity index is 1500. The molecule has 1 amide bonds. The zero-order valence-electron chi connectivity index (χ0n) is 24.6. The minimum Gasteiger partial charge on any atom is -0.493 e. The Morgan fingerprint density at radius 1 is 1.12 bits per heavy atom. The Labute approximate surface area is 252 Å². The first kappa shape index (κ1) is 28.8. The van der Waals surface area contributed by atoms with Gasteiger partial charge in [0.05, 0.1) is 18.2 Å². The van der Waals surface area contributed by atoms with Gasteiger partial charge in [0.2, 0.25) is 0 Å². The molecule has 224 valence electrons. The molecular formula is C33H39N7O3. The van der Waals surface area contributed by atoms with Gasteiger partial charge in [-0.05, 0) is 62.6 Å². The third kappa shape index (κ3) is 6.71. The van der Waals surface area contributed by atoms with E-state index in [1.807, 2.05) is 67.6 Å². The quantitative estimate of drug-likeness (QED) is 0.213. The summed E-state index contributed by atoms with van der Waals surface area (Å²) in [6.07, 6.45) is 6.91. The molecule has 43 heavy (non-hydrogen) atoms. The highest BCUT2D eigenvalue weighted by atomic mass is 16.5. The van der Waals surface area contributed by atoms with Crippen LogP contribution in [0, 0.1) is 0 Å². The molecule has 0 radical (unpaired) electrons. The highest BCUT2D eigenvalue weighted by Gasteiger charge is 2.39. The molecule has 0 spiro atoms.